The summed E-state index contributed by atoms with van der Waals surface area (Å²) < 4.78 is 5.52. The van der Waals surface area contributed by atoms with Crippen molar-refractivity contribution in [2.24, 2.45) is 5.92 Å². The quantitative estimate of drug-likeness (QED) is 0.857. The van der Waals surface area contributed by atoms with E-state index >= 15 is 0 Å². The van der Waals surface area contributed by atoms with Crippen LogP contribution in [0.1, 0.15) is 31.7 Å². The Kier molecular flexibility index (Phi) is 5.52. The van der Waals surface area contributed by atoms with Crippen LogP contribution in [-0.2, 0) is 11.2 Å². The van der Waals surface area contributed by atoms with Gasteiger partial charge in [0.2, 0.25) is 0 Å². The molecule has 0 saturated heterocycles. The predicted molar refractivity (Wildman–Crippen MR) is 78.9 cm³/mol. The first-order valence-electron chi connectivity index (χ1n) is 6.82. The van der Waals surface area contributed by atoms with Gasteiger partial charge in [0.05, 0.1) is 22.3 Å². The largest absolute Gasteiger partial charge is 0.393 e. The Morgan fingerprint density at radius 2 is 2.11 bits per heavy atom. The molecule has 2 rings (SSSR count). The van der Waals surface area contributed by atoms with Crippen LogP contribution in [0.4, 0.5) is 0 Å². The topological polar surface area (TPSA) is 29.5 Å². The standard InChI is InChI=1S/C15H20Cl2O2/c1-2-19-13-7-10(8-13)6-12(18)9-11-4-3-5-14(16)15(11)17/h3-5,10,12-13,18H,2,6-9H2,1H3. The molecule has 0 spiro atoms. The van der Waals surface area contributed by atoms with Crippen molar-refractivity contribution in [3.05, 3.63) is 33.8 Å². The number of halogens is 2. The second kappa shape index (κ2) is 6.94. The molecular weight excluding hydrogens is 283 g/mol. The minimum atomic E-state index is -0.358. The molecule has 0 radical (unpaired) electrons. The fourth-order valence-corrected chi connectivity index (χ4v) is 3.06. The molecule has 106 valence electrons. The molecule has 1 aromatic rings. The summed E-state index contributed by atoms with van der Waals surface area (Å²) in [4.78, 5) is 0. The van der Waals surface area contributed by atoms with Gasteiger partial charge in [-0.1, -0.05) is 35.3 Å². The zero-order valence-corrected chi connectivity index (χ0v) is 12.6. The summed E-state index contributed by atoms with van der Waals surface area (Å²) in [6.07, 6.45) is 3.55. The van der Waals surface area contributed by atoms with E-state index in [1.165, 1.54) is 0 Å². The third-order valence-electron chi connectivity index (χ3n) is 3.69. The summed E-state index contributed by atoms with van der Waals surface area (Å²) in [5.41, 5.74) is 0.919. The molecule has 19 heavy (non-hydrogen) atoms. The summed E-state index contributed by atoms with van der Waals surface area (Å²) in [6.45, 7) is 2.79. The molecule has 1 aromatic carbocycles. The molecule has 4 heteroatoms. The Morgan fingerprint density at radius 3 is 2.79 bits per heavy atom. The lowest BCUT2D eigenvalue weighted by Crippen LogP contribution is -2.34. The summed E-state index contributed by atoms with van der Waals surface area (Å²) in [5, 5.41) is 11.2. The fourth-order valence-electron chi connectivity index (χ4n) is 2.67. The van der Waals surface area contributed by atoms with Crippen molar-refractivity contribution in [1.82, 2.24) is 0 Å². The number of benzene rings is 1. The Labute approximate surface area is 124 Å². The zero-order chi connectivity index (χ0) is 13.8. The molecular formula is C15H20Cl2O2. The number of hydrogen-bond acceptors (Lipinski definition) is 2. The van der Waals surface area contributed by atoms with E-state index in [0.29, 0.717) is 28.5 Å². The normalized spacial score (nSPS) is 24.0. The molecule has 0 aromatic heterocycles. The van der Waals surface area contributed by atoms with E-state index in [4.69, 9.17) is 27.9 Å². The number of aliphatic hydroxyl groups is 1. The van der Waals surface area contributed by atoms with Crippen LogP contribution >= 0.6 is 23.2 Å². The fraction of sp³-hybridized carbons (Fsp3) is 0.600. The Bertz CT molecular complexity index is 417. The van der Waals surface area contributed by atoms with Gasteiger partial charge in [-0.15, -0.1) is 0 Å². The van der Waals surface area contributed by atoms with Crippen LogP contribution in [0.5, 0.6) is 0 Å². The molecule has 0 aliphatic heterocycles. The number of hydrogen-bond donors (Lipinski definition) is 1. The molecule has 1 aliphatic carbocycles. The maximum Gasteiger partial charge on any atom is 0.0625 e. The van der Waals surface area contributed by atoms with E-state index < -0.39 is 0 Å². The van der Waals surface area contributed by atoms with Gasteiger partial charge in [0, 0.05) is 6.61 Å². The summed E-state index contributed by atoms with van der Waals surface area (Å²) in [7, 11) is 0. The van der Waals surface area contributed by atoms with Gasteiger partial charge < -0.3 is 9.84 Å². The van der Waals surface area contributed by atoms with Gasteiger partial charge in [-0.25, -0.2) is 0 Å². The molecule has 1 fully saturated rings. The number of rotatable bonds is 6. The predicted octanol–water partition coefficient (Wildman–Crippen LogP) is 4.10. The second-order valence-corrected chi connectivity index (χ2v) is 6.01. The van der Waals surface area contributed by atoms with Crippen molar-refractivity contribution in [1.29, 1.82) is 0 Å². The van der Waals surface area contributed by atoms with Gasteiger partial charge in [0.1, 0.15) is 0 Å². The first-order valence-corrected chi connectivity index (χ1v) is 7.58. The lowest BCUT2D eigenvalue weighted by molar-refractivity contribution is -0.0375. The lowest BCUT2D eigenvalue weighted by atomic mass is 9.78. The molecule has 2 nitrogen and oxygen atoms in total. The van der Waals surface area contributed by atoms with Gasteiger partial charge in [-0.2, -0.15) is 0 Å². The van der Waals surface area contributed by atoms with Gasteiger partial charge in [0.15, 0.2) is 0 Å². The van der Waals surface area contributed by atoms with E-state index in [1.54, 1.807) is 6.07 Å². The van der Waals surface area contributed by atoms with Crippen LogP contribution < -0.4 is 0 Å². The van der Waals surface area contributed by atoms with E-state index in [2.05, 4.69) is 0 Å². The average molecular weight is 303 g/mol. The number of ether oxygens (including phenoxy) is 1. The minimum absolute atomic E-state index is 0.358. The molecule has 0 amide bonds. The van der Waals surface area contributed by atoms with Crippen LogP contribution in [0.2, 0.25) is 10.0 Å². The van der Waals surface area contributed by atoms with Gasteiger partial charge in [0.25, 0.3) is 0 Å². The zero-order valence-electron chi connectivity index (χ0n) is 11.1. The van der Waals surface area contributed by atoms with Crippen LogP contribution in [-0.4, -0.2) is 23.9 Å². The Hall–Kier alpha value is -0.280. The van der Waals surface area contributed by atoms with Crippen molar-refractivity contribution in [2.45, 2.75) is 44.8 Å². The smallest absolute Gasteiger partial charge is 0.0625 e. The first-order chi connectivity index (χ1) is 9.10. The third-order valence-corrected chi connectivity index (χ3v) is 4.55. The van der Waals surface area contributed by atoms with Gasteiger partial charge in [-0.05, 0) is 50.2 Å². The third kappa shape index (κ3) is 4.09. The maximum absolute atomic E-state index is 10.1. The van der Waals surface area contributed by atoms with E-state index in [0.717, 1.165) is 31.4 Å². The second-order valence-electron chi connectivity index (χ2n) is 5.22. The highest BCUT2D eigenvalue weighted by molar-refractivity contribution is 6.42. The van der Waals surface area contributed by atoms with Gasteiger partial charge in [-0.3, -0.25) is 0 Å². The molecule has 0 heterocycles. The van der Waals surface area contributed by atoms with E-state index in [9.17, 15) is 5.11 Å². The van der Waals surface area contributed by atoms with Crippen molar-refractivity contribution in [2.75, 3.05) is 6.61 Å². The van der Waals surface area contributed by atoms with Crippen molar-refractivity contribution >= 4 is 23.2 Å². The first kappa shape index (κ1) is 15.1. The summed E-state index contributed by atoms with van der Waals surface area (Å²) in [5.74, 6) is 0.574. The van der Waals surface area contributed by atoms with Crippen molar-refractivity contribution in [3.63, 3.8) is 0 Å². The number of aliphatic hydroxyl groups excluding tert-OH is 1. The van der Waals surface area contributed by atoms with E-state index in [1.807, 2.05) is 19.1 Å². The monoisotopic (exact) mass is 302 g/mol. The highest BCUT2D eigenvalue weighted by Gasteiger charge is 2.31. The Balaban J connectivity index is 1.79. The van der Waals surface area contributed by atoms with Crippen LogP contribution in [0.25, 0.3) is 0 Å². The highest BCUT2D eigenvalue weighted by Crippen LogP contribution is 2.34. The van der Waals surface area contributed by atoms with Crippen LogP contribution in [0.15, 0.2) is 18.2 Å². The lowest BCUT2D eigenvalue weighted by Gasteiger charge is -2.36. The maximum atomic E-state index is 10.1. The molecule has 1 unspecified atom stereocenters. The molecule has 1 aliphatic rings. The van der Waals surface area contributed by atoms with Crippen molar-refractivity contribution in [3.8, 4) is 0 Å². The molecule has 0 bridgehead atoms. The SMILES string of the molecule is CCOC1CC(CC(O)Cc2cccc(Cl)c2Cl)C1. The van der Waals surface area contributed by atoms with Gasteiger partial charge >= 0.3 is 0 Å². The van der Waals surface area contributed by atoms with E-state index in [-0.39, 0.29) is 6.10 Å². The highest BCUT2D eigenvalue weighted by atomic mass is 35.5. The van der Waals surface area contributed by atoms with Crippen LogP contribution in [0, 0.1) is 5.92 Å². The van der Waals surface area contributed by atoms with Crippen molar-refractivity contribution < 1.29 is 9.84 Å². The van der Waals surface area contributed by atoms with Crippen LogP contribution in [0.3, 0.4) is 0 Å². The Morgan fingerprint density at radius 1 is 1.37 bits per heavy atom. The summed E-state index contributed by atoms with van der Waals surface area (Å²) >= 11 is 12.1. The summed E-state index contributed by atoms with van der Waals surface area (Å²) in [6, 6.07) is 5.55. The average Bonchev–Trinajstić information content (AvgIpc) is 2.32. The molecule has 1 N–H and O–H groups in total. The minimum Gasteiger partial charge on any atom is -0.393 e. The molecule has 1 atom stereocenters. The molecule has 1 saturated carbocycles.